The Morgan fingerprint density at radius 3 is 2.71 bits per heavy atom. The zero-order valence-electron chi connectivity index (χ0n) is 17.7. The van der Waals surface area contributed by atoms with Crippen LogP contribution < -0.4 is 10.1 Å². The Kier molecular flexibility index (Phi) is 8.04. The van der Waals surface area contributed by atoms with E-state index in [2.05, 4.69) is 5.32 Å². The largest absolute Gasteiger partial charge is 0.489 e. The van der Waals surface area contributed by atoms with Gasteiger partial charge in [0.25, 0.3) is 5.91 Å². The van der Waals surface area contributed by atoms with Crippen LogP contribution in [0.25, 0.3) is 0 Å². The van der Waals surface area contributed by atoms with Crippen LogP contribution in [0.15, 0.2) is 54.6 Å². The molecule has 1 fully saturated rings. The number of amides is 2. The Labute approximate surface area is 182 Å². The highest BCUT2D eigenvalue weighted by Crippen LogP contribution is 2.20. The van der Waals surface area contributed by atoms with Crippen molar-refractivity contribution in [2.45, 2.75) is 38.8 Å². The van der Waals surface area contributed by atoms with E-state index in [0.29, 0.717) is 37.6 Å². The van der Waals surface area contributed by atoms with Crippen LogP contribution in [0.4, 0.5) is 0 Å². The fourth-order valence-corrected chi connectivity index (χ4v) is 3.33. The number of benzene rings is 2. The maximum atomic E-state index is 13.2. The molecule has 164 valence electrons. The third-order valence-corrected chi connectivity index (χ3v) is 5.04. The van der Waals surface area contributed by atoms with Crippen LogP contribution in [0.1, 0.15) is 42.1 Å². The molecule has 1 aliphatic rings. The minimum atomic E-state index is -0.885. The fraction of sp³-hybridized carbons (Fsp3) is 0.375. The smallest absolute Gasteiger partial charge is 0.308 e. The second-order valence-corrected chi connectivity index (χ2v) is 7.39. The van der Waals surface area contributed by atoms with Gasteiger partial charge >= 0.3 is 5.97 Å². The Morgan fingerprint density at radius 2 is 1.94 bits per heavy atom. The van der Waals surface area contributed by atoms with E-state index in [4.69, 9.17) is 9.47 Å². The van der Waals surface area contributed by atoms with Gasteiger partial charge in [-0.3, -0.25) is 14.4 Å². The van der Waals surface area contributed by atoms with Crippen molar-refractivity contribution >= 4 is 17.8 Å². The van der Waals surface area contributed by atoms with E-state index in [1.54, 1.807) is 24.3 Å². The molecule has 2 amide bonds. The molecule has 1 unspecified atom stereocenters. The van der Waals surface area contributed by atoms with Gasteiger partial charge in [0, 0.05) is 18.7 Å². The summed E-state index contributed by atoms with van der Waals surface area (Å²) in [6.07, 6.45) is 1.51. The third-order valence-electron chi connectivity index (χ3n) is 5.04. The van der Waals surface area contributed by atoms with E-state index in [-0.39, 0.29) is 18.2 Å². The number of nitrogens with one attached hydrogen (secondary N) is 1. The Morgan fingerprint density at radius 1 is 1.13 bits per heavy atom. The summed E-state index contributed by atoms with van der Waals surface area (Å²) < 4.78 is 11.0. The van der Waals surface area contributed by atoms with Crippen LogP contribution in [0.5, 0.6) is 5.75 Å². The molecular weight excluding hydrogens is 396 g/mol. The van der Waals surface area contributed by atoms with Crippen LogP contribution in [0.3, 0.4) is 0 Å². The molecule has 31 heavy (non-hydrogen) atoms. The molecule has 0 spiro atoms. The molecule has 7 heteroatoms. The maximum Gasteiger partial charge on any atom is 0.308 e. The van der Waals surface area contributed by atoms with Crippen LogP contribution in [0, 0.1) is 0 Å². The van der Waals surface area contributed by atoms with Crippen molar-refractivity contribution in [1.82, 2.24) is 10.2 Å². The van der Waals surface area contributed by atoms with E-state index in [0.717, 1.165) is 18.4 Å². The zero-order valence-corrected chi connectivity index (χ0v) is 17.7. The van der Waals surface area contributed by atoms with E-state index in [1.807, 2.05) is 37.3 Å². The van der Waals surface area contributed by atoms with Crippen molar-refractivity contribution in [2.75, 3.05) is 19.7 Å². The molecule has 1 atom stereocenters. The summed E-state index contributed by atoms with van der Waals surface area (Å²) in [5, 5.41) is 2.73. The minimum Gasteiger partial charge on any atom is -0.489 e. The molecule has 0 aromatic heterocycles. The average Bonchev–Trinajstić information content (AvgIpc) is 2.79. The second kappa shape index (κ2) is 11.2. The molecule has 2 aromatic carbocycles. The molecular formula is C24H28N2O5. The van der Waals surface area contributed by atoms with Crippen molar-refractivity contribution in [3.63, 3.8) is 0 Å². The predicted molar refractivity (Wildman–Crippen MR) is 116 cm³/mol. The van der Waals surface area contributed by atoms with Gasteiger partial charge in [0.2, 0.25) is 5.91 Å². The summed E-state index contributed by atoms with van der Waals surface area (Å²) in [5.41, 5.74) is 1.43. The topological polar surface area (TPSA) is 84.9 Å². The van der Waals surface area contributed by atoms with Crippen molar-refractivity contribution in [1.29, 1.82) is 0 Å². The van der Waals surface area contributed by atoms with Gasteiger partial charge in [-0.15, -0.1) is 0 Å². The first-order chi connectivity index (χ1) is 15.1. The van der Waals surface area contributed by atoms with E-state index >= 15 is 0 Å². The van der Waals surface area contributed by atoms with Crippen molar-refractivity contribution in [2.24, 2.45) is 0 Å². The van der Waals surface area contributed by atoms with Gasteiger partial charge in [-0.25, -0.2) is 0 Å². The van der Waals surface area contributed by atoms with E-state index < -0.39 is 12.0 Å². The molecule has 3 rings (SSSR count). The van der Waals surface area contributed by atoms with Crippen LogP contribution in [-0.4, -0.2) is 48.4 Å². The number of esters is 1. The minimum absolute atomic E-state index is 0.161. The van der Waals surface area contributed by atoms with Crippen LogP contribution in [0.2, 0.25) is 0 Å². The van der Waals surface area contributed by atoms with Gasteiger partial charge < -0.3 is 19.7 Å². The predicted octanol–water partition coefficient (Wildman–Crippen LogP) is 2.94. The van der Waals surface area contributed by atoms with E-state index in [1.165, 1.54) is 4.90 Å². The normalized spacial score (nSPS) is 15.8. The van der Waals surface area contributed by atoms with Crippen molar-refractivity contribution < 1.29 is 23.9 Å². The maximum absolute atomic E-state index is 13.2. The first-order valence-corrected chi connectivity index (χ1v) is 10.6. The Bertz CT molecular complexity index is 900. The first kappa shape index (κ1) is 22.3. The first-order valence-electron chi connectivity index (χ1n) is 10.6. The lowest BCUT2D eigenvalue weighted by atomic mass is 10.1. The van der Waals surface area contributed by atoms with Gasteiger partial charge in [0.1, 0.15) is 18.4 Å². The lowest BCUT2D eigenvalue weighted by Gasteiger charge is -2.34. The lowest BCUT2D eigenvalue weighted by Crippen LogP contribution is -2.57. The summed E-state index contributed by atoms with van der Waals surface area (Å²) >= 11 is 0. The third kappa shape index (κ3) is 6.31. The number of hydrogen-bond acceptors (Lipinski definition) is 5. The lowest BCUT2D eigenvalue weighted by molar-refractivity contribution is -0.147. The molecule has 0 radical (unpaired) electrons. The quantitative estimate of drug-likeness (QED) is 0.494. The zero-order chi connectivity index (χ0) is 22.1. The molecule has 0 bridgehead atoms. The number of ether oxygens (including phenoxy) is 2. The van der Waals surface area contributed by atoms with Crippen molar-refractivity contribution in [3.05, 3.63) is 65.7 Å². The standard InChI is InChI=1S/C24H28N2O5/c1-2-3-14-30-22(27)16-21-23(28)25-12-13-26(21)24(29)19-10-7-11-20(15-19)31-17-18-8-5-4-6-9-18/h4-11,15,21H,2-3,12-14,16-17H2,1H3,(H,25,28). The van der Waals surface area contributed by atoms with Gasteiger partial charge in [0.05, 0.1) is 13.0 Å². The van der Waals surface area contributed by atoms with Gasteiger partial charge in [0.15, 0.2) is 0 Å². The number of rotatable bonds is 9. The molecule has 0 aliphatic carbocycles. The number of piperazine rings is 1. The molecule has 1 aliphatic heterocycles. The number of nitrogens with zero attached hydrogens (tertiary/aromatic N) is 1. The summed E-state index contributed by atoms with van der Waals surface area (Å²) in [5.74, 6) is -0.574. The second-order valence-electron chi connectivity index (χ2n) is 7.39. The summed E-state index contributed by atoms with van der Waals surface area (Å²) in [7, 11) is 0. The highest BCUT2D eigenvalue weighted by Gasteiger charge is 2.35. The number of carbonyl (C=O) groups excluding carboxylic acids is 3. The van der Waals surface area contributed by atoms with Gasteiger partial charge in [-0.1, -0.05) is 49.7 Å². The molecule has 1 N–H and O–H groups in total. The summed E-state index contributed by atoms with van der Waals surface area (Å²) in [4.78, 5) is 39.1. The number of unbranched alkanes of at least 4 members (excludes halogenated alkanes) is 1. The van der Waals surface area contributed by atoms with Crippen LogP contribution >= 0.6 is 0 Å². The summed E-state index contributed by atoms with van der Waals surface area (Å²) in [6.45, 7) is 3.37. The van der Waals surface area contributed by atoms with Crippen LogP contribution in [-0.2, 0) is 20.9 Å². The Hall–Kier alpha value is -3.35. The highest BCUT2D eigenvalue weighted by molar-refractivity contribution is 5.99. The average molecular weight is 424 g/mol. The fourth-order valence-electron chi connectivity index (χ4n) is 3.33. The molecule has 1 saturated heterocycles. The van der Waals surface area contributed by atoms with Gasteiger partial charge in [-0.2, -0.15) is 0 Å². The van der Waals surface area contributed by atoms with E-state index in [9.17, 15) is 14.4 Å². The number of hydrogen-bond donors (Lipinski definition) is 1. The SMILES string of the molecule is CCCCOC(=O)CC1C(=O)NCCN1C(=O)c1cccc(OCc2ccccc2)c1. The Balaban J connectivity index is 1.67. The summed E-state index contributed by atoms with van der Waals surface area (Å²) in [6, 6.07) is 15.7. The molecule has 0 saturated carbocycles. The highest BCUT2D eigenvalue weighted by atomic mass is 16.5. The molecule has 1 heterocycles. The van der Waals surface area contributed by atoms with Crippen molar-refractivity contribution in [3.8, 4) is 5.75 Å². The monoisotopic (exact) mass is 424 g/mol. The van der Waals surface area contributed by atoms with Gasteiger partial charge in [-0.05, 0) is 30.2 Å². The molecule has 2 aromatic rings. The number of carbonyl (C=O) groups is 3. The molecule has 7 nitrogen and oxygen atoms in total.